The van der Waals surface area contributed by atoms with Gasteiger partial charge in [0.1, 0.15) is 12.4 Å². The minimum absolute atomic E-state index is 0.389. The highest BCUT2D eigenvalue weighted by atomic mass is 35.5. The smallest absolute Gasteiger partial charge is 0.187 e. The molecule has 1 aromatic heterocycles. The zero-order chi connectivity index (χ0) is 19.3. The van der Waals surface area contributed by atoms with Crippen LogP contribution in [0.4, 0.5) is 5.82 Å². The number of anilines is 1. The molecule has 0 spiro atoms. The molecule has 1 N–H and O–H groups in total. The van der Waals surface area contributed by atoms with Gasteiger partial charge >= 0.3 is 0 Å². The molecule has 0 saturated heterocycles. The molecule has 1 heterocycles. The van der Waals surface area contributed by atoms with Crippen LogP contribution in [0.3, 0.4) is 0 Å². The van der Waals surface area contributed by atoms with Gasteiger partial charge in [-0.25, -0.2) is 0 Å². The van der Waals surface area contributed by atoms with Gasteiger partial charge in [-0.2, -0.15) is 0 Å². The number of methoxy groups -OCH3 is 1. The molecule has 3 aromatic rings. The Hall–Kier alpha value is -1.89. The van der Waals surface area contributed by atoms with E-state index in [9.17, 15) is 0 Å². The second kappa shape index (κ2) is 9.07. The first-order chi connectivity index (χ1) is 13.7. The molecule has 0 fully saturated rings. The van der Waals surface area contributed by atoms with Crippen molar-refractivity contribution < 1.29 is 14.0 Å². The summed E-state index contributed by atoms with van der Waals surface area (Å²) in [5.74, 6) is 2.36. The highest BCUT2D eigenvalue weighted by Gasteiger charge is 2.14. The molecule has 5 nitrogen and oxygen atoms in total. The maximum Gasteiger partial charge on any atom is 0.187 e. The fraction of sp³-hybridized carbons (Fsp3) is 0.381. The summed E-state index contributed by atoms with van der Waals surface area (Å²) in [5, 5.41) is 5.59. The summed E-state index contributed by atoms with van der Waals surface area (Å²) in [4.78, 5) is 0. The predicted octanol–water partition coefficient (Wildman–Crippen LogP) is 5.65. The van der Waals surface area contributed by atoms with Crippen LogP contribution in [0.25, 0.3) is 11.0 Å². The summed E-state index contributed by atoms with van der Waals surface area (Å²) in [6.45, 7) is 1.05. The Morgan fingerprint density at radius 2 is 2.04 bits per heavy atom. The molecule has 28 heavy (non-hydrogen) atoms. The first kappa shape index (κ1) is 19.4. The maximum atomic E-state index is 6.49. The number of hydrogen-bond donors (Lipinski definition) is 1. The molecule has 0 atom stereocenters. The van der Waals surface area contributed by atoms with E-state index in [0.717, 1.165) is 28.9 Å². The number of ether oxygens (including phenoxy) is 2. The third kappa shape index (κ3) is 4.40. The largest absolute Gasteiger partial charge is 0.489 e. The standard InChI is InChI=1S/C21H23ClN2O3S/c1-25-8-9-28-24-21-18-12-19(22)16(11-20(18)27-23-21)13-26-17-7-6-14-4-2-3-5-15(14)10-17/h6-7,10-12H,2-5,8-9,13H2,1H3,(H,23,24). The molecule has 0 saturated carbocycles. The average molecular weight is 419 g/mol. The van der Waals surface area contributed by atoms with E-state index in [-0.39, 0.29) is 0 Å². The molecule has 1 aliphatic rings. The SMILES string of the molecule is COCCSNc1noc2cc(COc3ccc4c(c3)CCCC4)c(Cl)cc12. The first-order valence-corrected chi connectivity index (χ1v) is 10.8. The van der Waals surface area contributed by atoms with Gasteiger partial charge in [0.05, 0.1) is 12.0 Å². The summed E-state index contributed by atoms with van der Waals surface area (Å²) < 4.78 is 19.7. The fourth-order valence-electron chi connectivity index (χ4n) is 3.39. The second-order valence-electron chi connectivity index (χ2n) is 6.84. The van der Waals surface area contributed by atoms with E-state index in [4.69, 9.17) is 25.6 Å². The van der Waals surface area contributed by atoms with Crippen molar-refractivity contribution in [2.75, 3.05) is 24.2 Å². The number of hydrogen-bond acceptors (Lipinski definition) is 6. The number of nitrogens with one attached hydrogen (secondary N) is 1. The predicted molar refractivity (Wildman–Crippen MR) is 114 cm³/mol. The lowest BCUT2D eigenvalue weighted by Gasteiger charge is -2.17. The van der Waals surface area contributed by atoms with Gasteiger partial charge < -0.3 is 18.7 Å². The summed E-state index contributed by atoms with van der Waals surface area (Å²) in [6, 6.07) is 10.2. The topological polar surface area (TPSA) is 56.5 Å². The third-order valence-electron chi connectivity index (χ3n) is 4.91. The molecule has 0 aliphatic heterocycles. The van der Waals surface area contributed by atoms with Crippen LogP contribution in [-0.2, 0) is 24.2 Å². The van der Waals surface area contributed by atoms with Gasteiger partial charge in [-0.15, -0.1) is 0 Å². The van der Waals surface area contributed by atoms with E-state index in [1.165, 1.54) is 42.3 Å². The molecule has 1 aliphatic carbocycles. The van der Waals surface area contributed by atoms with Crippen LogP contribution in [0.2, 0.25) is 5.02 Å². The Kier molecular flexibility index (Phi) is 6.29. The highest BCUT2D eigenvalue weighted by Crippen LogP contribution is 2.31. The van der Waals surface area contributed by atoms with Crippen molar-refractivity contribution in [1.29, 1.82) is 0 Å². The lowest BCUT2D eigenvalue weighted by atomic mass is 9.92. The Morgan fingerprint density at radius 3 is 2.89 bits per heavy atom. The highest BCUT2D eigenvalue weighted by molar-refractivity contribution is 8.00. The summed E-state index contributed by atoms with van der Waals surface area (Å²) in [7, 11) is 1.68. The first-order valence-electron chi connectivity index (χ1n) is 9.44. The minimum atomic E-state index is 0.389. The number of aryl methyl sites for hydroxylation is 2. The molecule has 0 radical (unpaired) electrons. The van der Waals surface area contributed by atoms with Crippen molar-refractivity contribution in [3.63, 3.8) is 0 Å². The quantitative estimate of drug-likeness (QED) is 0.377. The van der Waals surface area contributed by atoms with Crippen LogP contribution < -0.4 is 9.46 Å². The van der Waals surface area contributed by atoms with E-state index in [1.54, 1.807) is 7.11 Å². The average Bonchev–Trinajstić information content (AvgIpc) is 3.11. The van der Waals surface area contributed by atoms with Gasteiger partial charge in [-0.3, -0.25) is 0 Å². The molecule has 2 aromatic carbocycles. The minimum Gasteiger partial charge on any atom is -0.489 e. The maximum absolute atomic E-state index is 6.49. The van der Waals surface area contributed by atoms with E-state index < -0.39 is 0 Å². The van der Waals surface area contributed by atoms with Crippen molar-refractivity contribution in [2.24, 2.45) is 0 Å². The molecule has 7 heteroatoms. The van der Waals surface area contributed by atoms with Crippen LogP contribution >= 0.6 is 23.5 Å². The summed E-state index contributed by atoms with van der Waals surface area (Å²) in [6.07, 6.45) is 4.84. The molecule has 0 unspecified atom stereocenters. The monoisotopic (exact) mass is 418 g/mol. The molecular formula is C21H23ClN2O3S. The van der Waals surface area contributed by atoms with Crippen LogP contribution in [0, 0.1) is 0 Å². The number of halogens is 1. The Labute approximate surface area is 173 Å². The van der Waals surface area contributed by atoms with Crippen LogP contribution in [0.15, 0.2) is 34.9 Å². The summed E-state index contributed by atoms with van der Waals surface area (Å²) in [5.41, 5.74) is 4.41. The van der Waals surface area contributed by atoms with Crippen LogP contribution in [0.1, 0.15) is 29.5 Å². The van der Waals surface area contributed by atoms with E-state index in [1.807, 2.05) is 18.2 Å². The van der Waals surface area contributed by atoms with Crippen molar-refractivity contribution in [2.45, 2.75) is 32.3 Å². The molecule has 148 valence electrons. The number of fused-ring (bicyclic) bond motifs is 2. The number of nitrogens with zero attached hydrogens (tertiary/aromatic N) is 1. The Bertz CT molecular complexity index is 960. The van der Waals surface area contributed by atoms with Gasteiger partial charge in [0.15, 0.2) is 11.4 Å². The van der Waals surface area contributed by atoms with E-state index >= 15 is 0 Å². The molecule has 0 bridgehead atoms. The van der Waals surface area contributed by atoms with Gasteiger partial charge in [0.2, 0.25) is 0 Å². The fourth-order valence-corrected chi connectivity index (χ4v) is 4.24. The molecule has 4 rings (SSSR count). The van der Waals surface area contributed by atoms with Crippen LogP contribution in [0.5, 0.6) is 5.75 Å². The number of aromatic nitrogens is 1. The van der Waals surface area contributed by atoms with Gasteiger partial charge in [0, 0.05) is 23.4 Å². The normalized spacial score (nSPS) is 13.5. The van der Waals surface area contributed by atoms with Gasteiger partial charge in [-0.05, 0) is 73.0 Å². The van der Waals surface area contributed by atoms with Crippen molar-refractivity contribution in [1.82, 2.24) is 5.16 Å². The molecular weight excluding hydrogens is 396 g/mol. The van der Waals surface area contributed by atoms with Crippen molar-refractivity contribution in [3.8, 4) is 5.75 Å². The van der Waals surface area contributed by atoms with Gasteiger partial charge in [0.25, 0.3) is 0 Å². The zero-order valence-electron chi connectivity index (χ0n) is 15.8. The zero-order valence-corrected chi connectivity index (χ0v) is 17.4. The van der Waals surface area contributed by atoms with Crippen molar-refractivity contribution in [3.05, 3.63) is 52.0 Å². The number of benzene rings is 2. The Morgan fingerprint density at radius 1 is 1.18 bits per heavy atom. The Balaban J connectivity index is 1.45. The van der Waals surface area contributed by atoms with E-state index in [2.05, 4.69) is 22.0 Å². The lowest BCUT2D eigenvalue weighted by Crippen LogP contribution is -2.03. The second-order valence-corrected chi connectivity index (χ2v) is 8.15. The lowest BCUT2D eigenvalue weighted by molar-refractivity contribution is 0.219. The third-order valence-corrected chi connectivity index (χ3v) is 5.97. The van der Waals surface area contributed by atoms with E-state index in [0.29, 0.717) is 29.6 Å². The van der Waals surface area contributed by atoms with Gasteiger partial charge in [-0.1, -0.05) is 22.8 Å². The molecule has 0 amide bonds. The summed E-state index contributed by atoms with van der Waals surface area (Å²) >= 11 is 8.01. The number of rotatable bonds is 8. The van der Waals surface area contributed by atoms with Crippen LogP contribution in [-0.4, -0.2) is 24.6 Å². The van der Waals surface area contributed by atoms with Crippen molar-refractivity contribution >= 4 is 40.3 Å².